The monoisotopic (exact) mass is 416 g/mol. The number of halogens is 2. The highest BCUT2D eigenvalue weighted by Crippen LogP contribution is 2.25. The van der Waals surface area contributed by atoms with Crippen LogP contribution in [0.1, 0.15) is 22.4 Å². The Bertz CT molecular complexity index is 862. The van der Waals surface area contributed by atoms with Crippen molar-refractivity contribution in [3.8, 4) is 0 Å². The first-order valence-electron chi connectivity index (χ1n) is 6.92. The second-order valence-corrected chi connectivity index (χ2v) is 6.68. The van der Waals surface area contributed by atoms with Gasteiger partial charge < -0.3 is 0 Å². The number of aryl methyl sites for hydroxylation is 2. The molecule has 4 heteroatoms. The van der Waals surface area contributed by atoms with Gasteiger partial charge in [-0.3, -0.25) is 0 Å². The maximum Gasteiger partial charge on any atom is 0.114 e. The fourth-order valence-electron chi connectivity index (χ4n) is 2.40. The third-order valence-electron chi connectivity index (χ3n) is 3.48. The van der Waals surface area contributed by atoms with Crippen LogP contribution in [0.15, 0.2) is 45.6 Å². The maximum atomic E-state index is 4.58. The van der Waals surface area contributed by atoms with Gasteiger partial charge in [0.2, 0.25) is 0 Å². The van der Waals surface area contributed by atoms with Crippen LogP contribution in [0.3, 0.4) is 0 Å². The highest BCUT2D eigenvalue weighted by molar-refractivity contribution is 9.10. The fraction of sp³-hybridized carbons (Fsp3) is 0.111. The highest BCUT2D eigenvalue weighted by atomic mass is 79.9. The summed E-state index contributed by atoms with van der Waals surface area (Å²) in [5.74, 6) is 0. The van der Waals surface area contributed by atoms with Crippen molar-refractivity contribution in [1.29, 1.82) is 0 Å². The van der Waals surface area contributed by atoms with Crippen molar-refractivity contribution >= 4 is 54.9 Å². The minimum absolute atomic E-state index is 0.844. The Morgan fingerprint density at radius 3 is 2.45 bits per heavy atom. The minimum Gasteiger partial charge on any atom is -0.246 e. The van der Waals surface area contributed by atoms with Gasteiger partial charge in [-0.25, -0.2) is 9.97 Å². The van der Waals surface area contributed by atoms with Gasteiger partial charge in [0.05, 0.1) is 5.52 Å². The van der Waals surface area contributed by atoms with Crippen LogP contribution in [-0.4, -0.2) is 9.97 Å². The van der Waals surface area contributed by atoms with Crippen molar-refractivity contribution in [2.75, 3.05) is 0 Å². The van der Waals surface area contributed by atoms with Gasteiger partial charge >= 0.3 is 0 Å². The van der Waals surface area contributed by atoms with E-state index in [0.717, 1.165) is 36.9 Å². The molecule has 3 rings (SSSR count). The fourth-order valence-corrected chi connectivity index (χ4v) is 3.56. The third-order valence-corrected chi connectivity index (χ3v) is 4.72. The molecule has 0 amide bonds. The molecular formula is C18H14Br2N2. The van der Waals surface area contributed by atoms with Crippen molar-refractivity contribution in [2.45, 2.75) is 13.8 Å². The van der Waals surface area contributed by atoms with Crippen molar-refractivity contribution < 1.29 is 0 Å². The van der Waals surface area contributed by atoms with Gasteiger partial charge in [-0.2, -0.15) is 0 Å². The molecule has 0 aliphatic heterocycles. The lowest BCUT2D eigenvalue weighted by molar-refractivity contribution is 1.13. The van der Waals surface area contributed by atoms with E-state index in [2.05, 4.69) is 79.1 Å². The molecule has 2 nitrogen and oxygen atoms in total. The first kappa shape index (κ1) is 15.4. The number of rotatable bonds is 2. The van der Waals surface area contributed by atoms with Crippen molar-refractivity contribution in [3.05, 3.63) is 68.0 Å². The number of benzene rings is 1. The topological polar surface area (TPSA) is 25.8 Å². The number of para-hydroxylation sites is 1. The number of aromatic nitrogens is 2. The predicted molar refractivity (Wildman–Crippen MR) is 99.8 cm³/mol. The Balaban J connectivity index is 2.04. The van der Waals surface area contributed by atoms with Crippen LogP contribution < -0.4 is 0 Å². The molecule has 0 fully saturated rings. The lowest BCUT2D eigenvalue weighted by Crippen LogP contribution is -1.90. The molecule has 1 aromatic carbocycles. The predicted octanol–water partition coefficient (Wildman–Crippen LogP) is 5.94. The first-order valence-corrected chi connectivity index (χ1v) is 8.50. The van der Waals surface area contributed by atoms with E-state index in [0.29, 0.717) is 0 Å². The first-order chi connectivity index (χ1) is 10.5. The molecule has 110 valence electrons. The van der Waals surface area contributed by atoms with E-state index in [1.165, 1.54) is 5.56 Å². The van der Waals surface area contributed by atoms with Crippen molar-refractivity contribution in [2.24, 2.45) is 0 Å². The molecule has 0 atom stereocenters. The SMILES string of the molecule is Cc1cc(C)c(/C=C\c2cc3ccccc3nc2Br)c(Br)n1. The largest absolute Gasteiger partial charge is 0.246 e. The van der Waals surface area contributed by atoms with Gasteiger partial charge in [0.15, 0.2) is 0 Å². The number of nitrogens with zero attached hydrogens (tertiary/aromatic N) is 2. The Morgan fingerprint density at radius 2 is 1.68 bits per heavy atom. The van der Waals surface area contributed by atoms with Crippen LogP contribution in [0, 0.1) is 13.8 Å². The molecule has 0 aliphatic rings. The number of fused-ring (bicyclic) bond motifs is 1. The molecule has 0 unspecified atom stereocenters. The molecule has 0 bridgehead atoms. The van der Waals surface area contributed by atoms with E-state index < -0.39 is 0 Å². The Labute approximate surface area is 146 Å². The molecular weight excluding hydrogens is 404 g/mol. The molecule has 0 aliphatic carbocycles. The second kappa shape index (κ2) is 6.31. The normalized spacial score (nSPS) is 11.5. The number of hydrogen-bond acceptors (Lipinski definition) is 2. The van der Waals surface area contributed by atoms with Crippen LogP contribution in [0.4, 0.5) is 0 Å². The van der Waals surface area contributed by atoms with Crippen LogP contribution in [0.25, 0.3) is 23.1 Å². The van der Waals surface area contributed by atoms with Crippen LogP contribution in [-0.2, 0) is 0 Å². The van der Waals surface area contributed by atoms with Gasteiger partial charge in [0.25, 0.3) is 0 Å². The smallest absolute Gasteiger partial charge is 0.114 e. The van der Waals surface area contributed by atoms with Gasteiger partial charge in [-0.1, -0.05) is 30.4 Å². The summed E-state index contributed by atoms with van der Waals surface area (Å²) < 4.78 is 1.71. The standard InChI is InChI=1S/C18H14Br2N2/c1-11-9-12(2)21-18(20)15(11)8-7-14-10-13-5-3-4-6-16(13)22-17(14)19/h3-10H,1-2H3/b8-7-. The summed E-state index contributed by atoms with van der Waals surface area (Å²) >= 11 is 7.09. The van der Waals surface area contributed by atoms with E-state index in [-0.39, 0.29) is 0 Å². The summed E-state index contributed by atoms with van der Waals surface area (Å²) in [5.41, 5.74) is 5.33. The molecule has 22 heavy (non-hydrogen) atoms. The second-order valence-electron chi connectivity index (χ2n) is 5.18. The molecule has 0 saturated heterocycles. The average molecular weight is 418 g/mol. The Kier molecular flexibility index (Phi) is 4.41. The maximum absolute atomic E-state index is 4.58. The lowest BCUT2D eigenvalue weighted by Gasteiger charge is -2.06. The van der Waals surface area contributed by atoms with E-state index in [1.807, 2.05) is 25.1 Å². The summed E-state index contributed by atoms with van der Waals surface area (Å²) in [6.07, 6.45) is 4.13. The summed E-state index contributed by atoms with van der Waals surface area (Å²) in [5, 5.41) is 1.13. The van der Waals surface area contributed by atoms with E-state index in [4.69, 9.17) is 0 Å². The van der Waals surface area contributed by atoms with E-state index in [1.54, 1.807) is 0 Å². The molecule has 0 saturated carbocycles. The van der Waals surface area contributed by atoms with Gasteiger partial charge in [-0.15, -0.1) is 0 Å². The molecule has 0 radical (unpaired) electrons. The zero-order valence-corrected chi connectivity index (χ0v) is 15.4. The van der Waals surface area contributed by atoms with Crippen LogP contribution in [0.5, 0.6) is 0 Å². The van der Waals surface area contributed by atoms with Crippen molar-refractivity contribution in [1.82, 2.24) is 9.97 Å². The number of pyridine rings is 2. The molecule has 0 spiro atoms. The number of hydrogen-bond donors (Lipinski definition) is 0. The molecule has 0 N–H and O–H groups in total. The molecule has 3 aromatic rings. The molecule has 2 heterocycles. The van der Waals surface area contributed by atoms with Crippen LogP contribution in [0.2, 0.25) is 0 Å². The third kappa shape index (κ3) is 3.13. The summed E-state index contributed by atoms with van der Waals surface area (Å²) in [6, 6.07) is 12.3. The van der Waals surface area contributed by atoms with E-state index in [9.17, 15) is 0 Å². The minimum atomic E-state index is 0.844. The van der Waals surface area contributed by atoms with Crippen LogP contribution >= 0.6 is 31.9 Å². The summed E-state index contributed by atoms with van der Waals surface area (Å²) in [7, 11) is 0. The average Bonchev–Trinajstić information content (AvgIpc) is 2.46. The molecule has 2 aromatic heterocycles. The Hall–Kier alpha value is -1.52. The zero-order chi connectivity index (χ0) is 15.7. The lowest BCUT2D eigenvalue weighted by atomic mass is 10.1. The summed E-state index contributed by atoms with van der Waals surface area (Å²) in [4.78, 5) is 9.04. The van der Waals surface area contributed by atoms with E-state index >= 15 is 0 Å². The van der Waals surface area contributed by atoms with Crippen molar-refractivity contribution in [3.63, 3.8) is 0 Å². The van der Waals surface area contributed by atoms with Gasteiger partial charge in [-0.05, 0) is 69.5 Å². The Morgan fingerprint density at radius 1 is 0.909 bits per heavy atom. The summed E-state index contributed by atoms with van der Waals surface area (Å²) in [6.45, 7) is 4.09. The van der Waals surface area contributed by atoms with Gasteiger partial charge in [0.1, 0.15) is 9.21 Å². The quantitative estimate of drug-likeness (QED) is 0.482. The zero-order valence-electron chi connectivity index (χ0n) is 12.3. The highest BCUT2D eigenvalue weighted by Gasteiger charge is 2.05. The van der Waals surface area contributed by atoms with Gasteiger partial charge in [0, 0.05) is 22.2 Å².